The zero-order valence-electron chi connectivity index (χ0n) is 10.3. The molecule has 0 fully saturated rings. The first kappa shape index (κ1) is 14.9. The molecule has 14 heavy (non-hydrogen) atoms. The van der Waals surface area contributed by atoms with Gasteiger partial charge in [-0.05, 0) is 0 Å². The summed E-state index contributed by atoms with van der Waals surface area (Å²) in [6.07, 6.45) is 8.61. The molecule has 0 nitrogen and oxygen atoms in total. The molecule has 0 aromatic heterocycles. The van der Waals surface area contributed by atoms with E-state index >= 15 is 0 Å². The second-order valence-corrected chi connectivity index (χ2v) is 13.8. The van der Waals surface area contributed by atoms with Crippen molar-refractivity contribution in [3.8, 4) is 0 Å². The van der Waals surface area contributed by atoms with Gasteiger partial charge < -0.3 is 0 Å². The molecule has 1 radical (unpaired) electrons. The fraction of sp³-hybridized carbons (Fsp3) is 1.00. The van der Waals surface area contributed by atoms with Crippen LogP contribution in [0.25, 0.3) is 0 Å². The van der Waals surface area contributed by atoms with Crippen LogP contribution in [0.15, 0.2) is 0 Å². The Morgan fingerprint density at radius 1 is 0.786 bits per heavy atom. The van der Waals surface area contributed by atoms with Crippen molar-refractivity contribution in [3.63, 3.8) is 0 Å². The third-order valence-corrected chi connectivity index (χ3v) is 13.1. The number of hydrogen-bond donors (Lipinski definition) is 0. The van der Waals surface area contributed by atoms with Crippen LogP contribution in [-0.4, -0.2) is 19.0 Å². The molecule has 0 N–H and O–H groups in total. The van der Waals surface area contributed by atoms with Crippen molar-refractivity contribution in [2.75, 3.05) is 5.75 Å². The van der Waals surface area contributed by atoms with Crippen molar-refractivity contribution in [1.29, 1.82) is 0 Å². The first-order valence-corrected chi connectivity index (χ1v) is 12.8. The summed E-state index contributed by atoms with van der Waals surface area (Å²) in [5.74, 6) is 1.46. The van der Waals surface area contributed by atoms with Crippen molar-refractivity contribution in [2.45, 2.75) is 69.8 Å². The summed E-state index contributed by atoms with van der Waals surface area (Å²) in [7, 11) is 2.39. The fourth-order valence-electron chi connectivity index (χ4n) is 1.38. The summed E-state index contributed by atoms with van der Waals surface area (Å²) < 4.78 is 0. The van der Waals surface area contributed by atoms with Crippen LogP contribution in [-0.2, 0) is 0 Å². The molecule has 0 spiro atoms. The summed E-state index contributed by atoms with van der Waals surface area (Å²) >= 11 is -0.653. The third-order valence-electron chi connectivity index (χ3n) is 2.42. The molecule has 0 saturated heterocycles. The van der Waals surface area contributed by atoms with Crippen molar-refractivity contribution in [3.05, 3.63) is 0 Å². The van der Waals surface area contributed by atoms with Gasteiger partial charge >= 0.3 is 98.8 Å². The van der Waals surface area contributed by atoms with Gasteiger partial charge in [-0.2, -0.15) is 0 Å². The van der Waals surface area contributed by atoms with E-state index in [9.17, 15) is 0 Å². The van der Waals surface area contributed by atoms with Crippen LogP contribution in [0.4, 0.5) is 0 Å². The van der Waals surface area contributed by atoms with Crippen LogP contribution < -0.4 is 0 Å². The Morgan fingerprint density at radius 2 is 1.29 bits per heavy atom. The van der Waals surface area contributed by atoms with Crippen LogP contribution in [0.3, 0.4) is 0 Å². The first-order chi connectivity index (χ1) is 6.85. The van der Waals surface area contributed by atoms with E-state index < -0.39 is 13.2 Å². The minimum absolute atomic E-state index is 0.653. The topological polar surface area (TPSA) is 0 Å². The normalized spacial score (nSPS) is 11.1. The van der Waals surface area contributed by atoms with E-state index in [1.165, 1.54) is 44.3 Å². The third kappa shape index (κ3) is 9.45. The average molecular weight is 276 g/mol. The second kappa shape index (κ2) is 12.0. The minimum atomic E-state index is -0.653. The fourth-order valence-corrected chi connectivity index (χ4v) is 12.1. The van der Waals surface area contributed by atoms with E-state index in [1.807, 2.05) is 0 Å². The maximum absolute atomic E-state index is 2.39. The zero-order chi connectivity index (χ0) is 10.6. The van der Waals surface area contributed by atoms with E-state index in [4.69, 9.17) is 0 Å². The maximum atomic E-state index is 2.39. The monoisotopic (exact) mass is 277 g/mol. The van der Waals surface area contributed by atoms with Crippen LogP contribution >= 0.6 is 10.1 Å². The molecular weight excluding hydrogens is 249 g/mol. The Bertz CT molecular complexity index is 98.5. The molecule has 0 unspecified atom stereocenters. The van der Waals surface area contributed by atoms with Gasteiger partial charge in [0.15, 0.2) is 0 Å². The van der Waals surface area contributed by atoms with Gasteiger partial charge in [0.05, 0.1) is 0 Å². The number of unbranched alkanes of at least 4 members (excludes halogenated alkanes) is 3. The Hall–Kier alpha value is 0.893. The van der Waals surface area contributed by atoms with E-state index in [0.717, 1.165) is 0 Å². The molecule has 2 heteroatoms. The Balaban J connectivity index is 3.49. The van der Waals surface area contributed by atoms with Gasteiger partial charge in [-0.3, -0.25) is 0 Å². The molecule has 0 bridgehead atoms. The molecule has 85 valence electrons. The van der Waals surface area contributed by atoms with Crippen molar-refractivity contribution >= 4 is 23.3 Å². The molecule has 0 aromatic rings. The molecule has 0 aliphatic rings. The standard InChI is InChI=1S/C12H27GeS/c1-4-7-10-13(11-8-5-2)14-12-9-6-3/h4-12H2,1-3H3. The molecule has 0 atom stereocenters. The van der Waals surface area contributed by atoms with Gasteiger partial charge in [-0.25, -0.2) is 0 Å². The van der Waals surface area contributed by atoms with E-state index in [-0.39, 0.29) is 0 Å². The molecule has 0 heterocycles. The Kier molecular flexibility index (Phi) is 12.7. The molecule has 0 aliphatic carbocycles. The van der Waals surface area contributed by atoms with Gasteiger partial charge in [0, 0.05) is 0 Å². The van der Waals surface area contributed by atoms with Crippen molar-refractivity contribution < 1.29 is 0 Å². The van der Waals surface area contributed by atoms with Crippen LogP contribution in [0.1, 0.15) is 59.3 Å². The van der Waals surface area contributed by atoms with Crippen LogP contribution in [0.2, 0.25) is 10.5 Å². The first-order valence-electron chi connectivity index (χ1n) is 6.32. The zero-order valence-corrected chi connectivity index (χ0v) is 13.2. The SMILES string of the molecule is CCCC[S][Ge]([CH2]CCC)[CH2]CCC. The average Bonchev–Trinajstić information content (AvgIpc) is 2.21. The molecular formula is C12H27GeS. The van der Waals surface area contributed by atoms with Crippen molar-refractivity contribution in [1.82, 2.24) is 0 Å². The molecule has 0 aliphatic heterocycles. The van der Waals surface area contributed by atoms with Gasteiger partial charge in [0.25, 0.3) is 0 Å². The second-order valence-electron chi connectivity index (χ2n) is 3.95. The van der Waals surface area contributed by atoms with Gasteiger partial charge in [0.1, 0.15) is 0 Å². The molecule has 0 rings (SSSR count). The molecule has 0 amide bonds. The Morgan fingerprint density at radius 3 is 1.71 bits per heavy atom. The summed E-state index contributed by atoms with van der Waals surface area (Å²) in [5, 5.41) is 3.23. The van der Waals surface area contributed by atoms with Crippen molar-refractivity contribution in [2.24, 2.45) is 0 Å². The van der Waals surface area contributed by atoms with E-state index in [0.29, 0.717) is 0 Å². The number of rotatable bonds is 10. The predicted octanol–water partition coefficient (Wildman–Crippen LogP) is 5.11. The molecule has 0 saturated carbocycles. The van der Waals surface area contributed by atoms with Gasteiger partial charge in [-0.1, -0.05) is 0 Å². The summed E-state index contributed by atoms with van der Waals surface area (Å²) in [5.41, 5.74) is 0. The summed E-state index contributed by atoms with van der Waals surface area (Å²) in [6, 6.07) is 0. The Labute approximate surface area is 98.7 Å². The predicted molar refractivity (Wildman–Crippen MR) is 72.6 cm³/mol. The van der Waals surface area contributed by atoms with Crippen LogP contribution in [0.5, 0.6) is 0 Å². The van der Waals surface area contributed by atoms with E-state index in [2.05, 4.69) is 30.9 Å². The summed E-state index contributed by atoms with van der Waals surface area (Å²) in [6.45, 7) is 6.96. The van der Waals surface area contributed by atoms with Gasteiger partial charge in [-0.15, -0.1) is 0 Å². The quantitative estimate of drug-likeness (QED) is 0.394. The number of hydrogen-bond acceptors (Lipinski definition) is 1. The van der Waals surface area contributed by atoms with Crippen LogP contribution in [0, 0.1) is 0 Å². The summed E-state index contributed by atoms with van der Waals surface area (Å²) in [4.78, 5) is 0. The van der Waals surface area contributed by atoms with Gasteiger partial charge in [0.2, 0.25) is 0 Å². The van der Waals surface area contributed by atoms with E-state index in [1.54, 1.807) is 10.5 Å². The molecule has 0 aromatic carbocycles.